The minimum absolute atomic E-state index is 0.0662. The molecule has 1 unspecified atom stereocenters. The highest BCUT2D eigenvalue weighted by molar-refractivity contribution is 6.12. The van der Waals surface area contributed by atoms with Crippen LogP contribution in [-0.4, -0.2) is 28.9 Å². The third-order valence-corrected chi connectivity index (χ3v) is 4.79. The van der Waals surface area contributed by atoms with E-state index in [1.807, 2.05) is 29.2 Å². The predicted molar refractivity (Wildman–Crippen MR) is 85.8 cm³/mol. The molecule has 0 fully saturated rings. The molecular formula is C18H15N3O. The number of nitrogens with one attached hydrogen (secondary N) is 1. The molecule has 108 valence electrons. The van der Waals surface area contributed by atoms with Gasteiger partial charge in [0.15, 0.2) is 0 Å². The summed E-state index contributed by atoms with van der Waals surface area (Å²) in [6.07, 6.45) is 10.2. The van der Waals surface area contributed by atoms with Crippen LogP contribution in [0.1, 0.15) is 23.2 Å². The number of hydrogen-bond acceptors (Lipinski definition) is 3. The molecule has 5 rings (SSSR count). The SMILES string of the molecule is O=C1c2ccccc2NC23N=C4CC=CC=C4C2=CCCN13. The summed E-state index contributed by atoms with van der Waals surface area (Å²) >= 11 is 0. The lowest BCUT2D eigenvalue weighted by molar-refractivity contribution is 0.0585. The fraction of sp³-hybridized carbons (Fsp3) is 0.222. The smallest absolute Gasteiger partial charge is 0.259 e. The number of aliphatic imine (C=N–C) groups is 1. The average molecular weight is 289 g/mol. The third kappa shape index (κ3) is 1.32. The van der Waals surface area contributed by atoms with Crippen LogP contribution in [0, 0.1) is 0 Å². The van der Waals surface area contributed by atoms with Gasteiger partial charge in [0.2, 0.25) is 5.79 Å². The van der Waals surface area contributed by atoms with Crippen LogP contribution in [0.15, 0.2) is 64.7 Å². The van der Waals surface area contributed by atoms with E-state index < -0.39 is 5.79 Å². The molecule has 0 saturated carbocycles. The fourth-order valence-electron chi connectivity index (χ4n) is 3.83. The van der Waals surface area contributed by atoms with E-state index in [1.54, 1.807) is 0 Å². The Hall–Kier alpha value is -2.62. The van der Waals surface area contributed by atoms with Crippen molar-refractivity contribution in [2.45, 2.75) is 18.6 Å². The highest BCUT2D eigenvalue weighted by Gasteiger charge is 2.53. The van der Waals surface area contributed by atoms with Gasteiger partial charge in [0, 0.05) is 24.1 Å². The standard InChI is InChI=1S/C18H15N3O/c22-17-13-7-2-4-10-16(13)20-18-14(8-5-11-21(17)18)12-6-1-3-9-15(12)19-18/h1-4,6-8,10,20H,5,9,11H2. The van der Waals surface area contributed by atoms with E-state index in [0.29, 0.717) is 6.54 Å². The van der Waals surface area contributed by atoms with Crippen molar-refractivity contribution in [3.8, 4) is 0 Å². The van der Waals surface area contributed by atoms with Crippen molar-refractivity contribution < 1.29 is 4.79 Å². The Morgan fingerprint density at radius 3 is 3.14 bits per heavy atom. The molecule has 3 aliphatic heterocycles. The number of fused-ring (bicyclic) bond motifs is 3. The summed E-state index contributed by atoms with van der Waals surface area (Å²) in [7, 11) is 0. The van der Waals surface area contributed by atoms with E-state index in [4.69, 9.17) is 4.99 Å². The van der Waals surface area contributed by atoms with Crippen molar-refractivity contribution in [1.82, 2.24) is 4.90 Å². The van der Waals surface area contributed by atoms with Crippen LogP contribution in [0.4, 0.5) is 5.69 Å². The third-order valence-electron chi connectivity index (χ3n) is 4.79. The van der Waals surface area contributed by atoms with Gasteiger partial charge in [-0.3, -0.25) is 9.69 Å². The number of amides is 1. The molecule has 0 saturated heterocycles. The maximum atomic E-state index is 12.9. The highest BCUT2D eigenvalue weighted by Crippen LogP contribution is 2.46. The molecule has 0 bridgehead atoms. The highest BCUT2D eigenvalue weighted by atomic mass is 16.2. The summed E-state index contributed by atoms with van der Waals surface area (Å²) in [5, 5.41) is 3.54. The van der Waals surface area contributed by atoms with Crippen molar-refractivity contribution in [3.05, 3.63) is 65.3 Å². The van der Waals surface area contributed by atoms with Crippen LogP contribution in [0.3, 0.4) is 0 Å². The molecule has 1 aliphatic carbocycles. The first-order chi connectivity index (χ1) is 10.8. The van der Waals surface area contributed by atoms with Crippen molar-refractivity contribution in [2.24, 2.45) is 4.99 Å². The molecule has 4 aliphatic rings. The monoisotopic (exact) mass is 289 g/mol. The molecule has 1 aromatic rings. The lowest BCUT2D eigenvalue weighted by Gasteiger charge is -2.46. The van der Waals surface area contributed by atoms with E-state index in [2.05, 4.69) is 29.6 Å². The van der Waals surface area contributed by atoms with Gasteiger partial charge in [-0.1, -0.05) is 36.4 Å². The van der Waals surface area contributed by atoms with Crippen LogP contribution in [0.25, 0.3) is 0 Å². The number of carbonyl (C=O) groups excluding carboxylic acids is 1. The zero-order chi connectivity index (χ0) is 14.7. The second-order valence-electron chi connectivity index (χ2n) is 5.98. The normalized spacial score (nSPS) is 27.7. The van der Waals surface area contributed by atoms with Gasteiger partial charge in [0.05, 0.1) is 17.0 Å². The Morgan fingerprint density at radius 1 is 1.27 bits per heavy atom. The maximum Gasteiger partial charge on any atom is 0.259 e. The molecule has 4 heteroatoms. The van der Waals surface area contributed by atoms with Gasteiger partial charge in [0.25, 0.3) is 5.91 Å². The quantitative estimate of drug-likeness (QED) is 0.798. The number of allylic oxidation sites excluding steroid dienone is 3. The number of anilines is 1. The topological polar surface area (TPSA) is 44.7 Å². The molecular weight excluding hydrogens is 274 g/mol. The van der Waals surface area contributed by atoms with Gasteiger partial charge in [-0.05, 0) is 18.6 Å². The number of para-hydroxylation sites is 1. The lowest BCUT2D eigenvalue weighted by Crippen LogP contribution is -2.60. The van der Waals surface area contributed by atoms with Gasteiger partial charge in [-0.25, -0.2) is 4.99 Å². The molecule has 1 N–H and O–H groups in total. The van der Waals surface area contributed by atoms with Crippen LogP contribution in [0.5, 0.6) is 0 Å². The average Bonchev–Trinajstić information content (AvgIpc) is 2.88. The van der Waals surface area contributed by atoms with Gasteiger partial charge in [0.1, 0.15) is 0 Å². The van der Waals surface area contributed by atoms with E-state index >= 15 is 0 Å². The molecule has 4 nitrogen and oxygen atoms in total. The summed E-state index contributed by atoms with van der Waals surface area (Å²) in [4.78, 5) is 19.8. The molecule has 1 spiro atoms. The molecule has 1 amide bonds. The number of hydrogen-bond donors (Lipinski definition) is 1. The van der Waals surface area contributed by atoms with Gasteiger partial charge >= 0.3 is 0 Å². The van der Waals surface area contributed by atoms with E-state index in [1.165, 1.54) is 5.57 Å². The summed E-state index contributed by atoms with van der Waals surface area (Å²) < 4.78 is 0. The first-order valence-electron chi connectivity index (χ1n) is 7.66. The summed E-state index contributed by atoms with van der Waals surface area (Å²) in [5.41, 5.74) is 4.97. The number of rotatable bonds is 0. The minimum atomic E-state index is -0.739. The Kier molecular flexibility index (Phi) is 2.16. The summed E-state index contributed by atoms with van der Waals surface area (Å²) in [5.74, 6) is -0.673. The first-order valence-corrected chi connectivity index (χ1v) is 7.66. The maximum absolute atomic E-state index is 12.9. The van der Waals surface area contributed by atoms with Crippen LogP contribution >= 0.6 is 0 Å². The van der Waals surface area contributed by atoms with Crippen LogP contribution in [-0.2, 0) is 0 Å². The fourth-order valence-corrected chi connectivity index (χ4v) is 3.83. The summed E-state index contributed by atoms with van der Waals surface area (Å²) in [6.45, 7) is 0.696. The van der Waals surface area contributed by atoms with E-state index in [9.17, 15) is 4.79 Å². The molecule has 1 atom stereocenters. The Labute approximate surface area is 128 Å². The Morgan fingerprint density at radius 2 is 2.18 bits per heavy atom. The van der Waals surface area contributed by atoms with Crippen molar-refractivity contribution >= 4 is 17.3 Å². The number of carbonyl (C=O) groups is 1. The van der Waals surface area contributed by atoms with E-state index in [0.717, 1.165) is 35.4 Å². The second-order valence-corrected chi connectivity index (χ2v) is 5.98. The zero-order valence-electron chi connectivity index (χ0n) is 12.0. The molecule has 0 radical (unpaired) electrons. The zero-order valence-corrected chi connectivity index (χ0v) is 12.0. The van der Waals surface area contributed by atoms with Crippen molar-refractivity contribution in [1.29, 1.82) is 0 Å². The van der Waals surface area contributed by atoms with Crippen molar-refractivity contribution in [3.63, 3.8) is 0 Å². The van der Waals surface area contributed by atoms with Gasteiger partial charge in [-0.2, -0.15) is 0 Å². The van der Waals surface area contributed by atoms with E-state index in [-0.39, 0.29) is 5.91 Å². The lowest BCUT2D eigenvalue weighted by atomic mass is 9.89. The van der Waals surface area contributed by atoms with Crippen LogP contribution < -0.4 is 5.32 Å². The largest absolute Gasteiger partial charge is 0.339 e. The number of nitrogens with zero attached hydrogens (tertiary/aromatic N) is 2. The Balaban J connectivity index is 1.75. The second kappa shape index (κ2) is 3.97. The molecule has 0 aromatic heterocycles. The van der Waals surface area contributed by atoms with Crippen LogP contribution in [0.2, 0.25) is 0 Å². The number of benzene rings is 1. The van der Waals surface area contributed by atoms with Crippen molar-refractivity contribution in [2.75, 3.05) is 11.9 Å². The summed E-state index contributed by atoms with van der Waals surface area (Å²) in [6, 6.07) is 7.70. The van der Waals surface area contributed by atoms with Gasteiger partial charge in [-0.15, -0.1) is 0 Å². The molecule has 1 aromatic carbocycles. The first kappa shape index (κ1) is 12.0. The van der Waals surface area contributed by atoms with Gasteiger partial charge < -0.3 is 5.32 Å². The Bertz CT molecular complexity index is 830. The molecule has 22 heavy (non-hydrogen) atoms. The minimum Gasteiger partial charge on any atom is -0.339 e. The molecule has 3 heterocycles. The predicted octanol–water partition coefficient (Wildman–Crippen LogP) is 2.88.